The van der Waals surface area contributed by atoms with Crippen molar-refractivity contribution in [3.8, 4) is 0 Å². The number of halogens is 1. The highest BCUT2D eigenvalue weighted by molar-refractivity contribution is 6.30. The van der Waals surface area contributed by atoms with Crippen LogP contribution in [0.1, 0.15) is 18.4 Å². The summed E-state index contributed by atoms with van der Waals surface area (Å²) in [5.41, 5.74) is 2.56. The first-order valence-electron chi connectivity index (χ1n) is 6.96. The quantitative estimate of drug-likeness (QED) is 0.915. The van der Waals surface area contributed by atoms with Crippen molar-refractivity contribution >= 4 is 17.3 Å². The molecule has 1 N–H and O–H groups in total. The molecule has 1 aromatic rings. The van der Waals surface area contributed by atoms with Crippen LogP contribution in [0.25, 0.3) is 0 Å². The average Bonchev–Trinajstić information content (AvgIpc) is 2.40. The number of nitrogens with one attached hydrogen (secondary N) is 1. The smallest absolute Gasteiger partial charge is 0.0427 e. The van der Waals surface area contributed by atoms with Crippen LogP contribution in [-0.2, 0) is 6.54 Å². The Hall–Kier alpha value is -0.770. The Balaban J connectivity index is 2.21. The van der Waals surface area contributed by atoms with Gasteiger partial charge in [-0.2, -0.15) is 0 Å². The molecule has 1 fully saturated rings. The molecule has 106 valence electrons. The summed E-state index contributed by atoms with van der Waals surface area (Å²) in [7, 11) is 6.37. The second kappa shape index (κ2) is 6.60. The van der Waals surface area contributed by atoms with Crippen molar-refractivity contribution in [2.24, 2.45) is 0 Å². The lowest BCUT2D eigenvalue weighted by atomic mass is 10.0. The van der Waals surface area contributed by atoms with Gasteiger partial charge in [0, 0.05) is 36.9 Å². The van der Waals surface area contributed by atoms with Gasteiger partial charge in [0.1, 0.15) is 0 Å². The van der Waals surface area contributed by atoms with Crippen molar-refractivity contribution < 1.29 is 0 Å². The first-order valence-corrected chi connectivity index (χ1v) is 7.34. The van der Waals surface area contributed by atoms with Gasteiger partial charge in [0.15, 0.2) is 0 Å². The second-order valence-corrected chi connectivity index (χ2v) is 5.91. The lowest BCUT2D eigenvalue weighted by Gasteiger charge is -2.38. The molecule has 0 bridgehead atoms. The van der Waals surface area contributed by atoms with Crippen LogP contribution < -0.4 is 10.2 Å². The zero-order valence-electron chi connectivity index (χ0n) is 12.1. The van der Waals surface area contributed by atoms with Gasteiger partial charge in [-0.1, -0.05) is 17.7 Å². The largest absolute Gasteiger partial charge is 0.370 e. The first kappa shape index (κ1) is 14.6. The minimum atomic E-state index is 0.577. The van der Waals surface area contributed by atoms with Crippen LogP contribution in [-0.4, -0.2) is 45.2 Å². The van der Waals surface area contributed by atoms with Crippen LogP contribution in [0.5, 0.6) is 0 Å². The summed E-state index contributed by atoms with van der Waals surface area (Å²) in [6.07, 6.45) is 2.53. The molecule has 3 nitrogen and oxygen atoms in total. The van der Waals surface area contributed by atoms with Crippen LogP contribution in [0.3, 0.4) is 0 Å². The molecule has 1 atom stereocenters. The Morgan fingerprint density at radius 1 is 1.47 bits per heavy atom. The van der Waals surface area contributed by atoms with Gasteiger partial charge in [-0.05, 0) is 51.2 Å². The summed E-state index contributed by atoms with van der Waals surface area (Å²) < 4.78 is 0. The molecule has 0 radical (unpaired) electrons. The second-order valence-electron chi connectivity index (χ2n) is 5.47. The average molecular weight is 282 g/mol. The standard InChI is InChI=1S/C15H24ClN3/c1-17-10-12-6-7-13(16)9-15(12)19(3)14-5-4-8-18(2)11-14/h6-7,9,14,17H,4-5,8,10-11H2,1-3H3. The van der Waals surface area contributed by atoms with Gasteiger partial charge in [-0.25, -0.2) is 0 Å². The summed E-state index contributed by atoms with van der Waals surface area (Å²) in [5, 5.41) is 4.04. The highest BCUT2D eigenvalue weighted by atomic mass is 35.5. The lowest BCUT2D eigenvalue weighted by Crippen LogP contribution is -2.45. The molecule has 1 unspecified atom stereocenters. The Bertz CT molecular complexity index is 422. The van der Waals surface area contributed by atoms with E-state index in [9.17, 15) is 0 Å². The van der Waals surface area contributed by atoms with Crippen molar-refractivity contribution in [3.63, 3.8) is 0 Å². The minimum absolute atomic E-state index is 0.577. The van der Waals surface area contributed by atoms with E-state index in [-0.39, 0.29) is 0 Å². The number of rotatable bonds is 4. The fourth-order valence-corrected chi connectivity index (χ4v) is 3.02. The zero-order valence-corrected chi connectivity index (χ0v) is 12.9. The van der Waals surface area contributed by atoms with Crippen LogP contribution in [0.4, 0.5) is 5.69 Å². The summed E-state index contributed by atoms with van der Waals surface area (Å²) in [6, 6.07) is 6.76. The highest BCUT2D eigenvalue weighted by Gasteiger charge is 2.22. The molecule has 1 aromatic carbocycles. The predicted molar refractivity (Wildman–Crippen MR) is 83.1 cm³/mol. The van der Waals surface area contributed by atoms with E-state index in [0.29, 0.717) is 6.04 Å². The molecule has 0 amide bonds. The number of hydrogen-bond donors (Lipinski definition) is 1. The summed E-state index contributed by atoms with van der Waals surface area (Å²) in [4.78, 5) is 4.81. The first-order chi connectivity index (χ1) is 9.11. The van der Waals surface area contributed by atoms with Gasteiger partial charge >= 0.3 is 0 Å². The number of anilines is 1. The van der Waals surface area contributed by atoms with Gasteiger partial charge < -0.3 is 15.1 Å². The molecule has 1 heterocycles. The molecule has 1 saturated heterocycles. The molecular formula is C15H24ClN3. The van der Waals surface area contributed by atoms with Crippen molar-refractivity contribution in [1.82, 2.24) is 10.2 Å². The summed E-state index contributed by atoms with van der Waals surface area (Å²) >= 11 is 6.17. The number of likely N-dealkylation sites (N-methyl/N-ethyl adjacent to an activating group) is 2. The topological polar surface area (TPSA) is 18.5 Å². The maximum atomic E-state index is 6.17. The van der Waals surface area contributed by atoms with Gasteiger partial charge in [-0.15, -0.1) is 0 Å². The van der Waals surface area contributed by atoms with Crippen molar-refractivity contribution in [3.05, 3.63) is 28.8 Å². The maximum Gasteiger partial charge on any atom is 0.0427 e. The molecule has 0 aromatic heterocycles. The maximum absolute atomic E-state index is 6.17. The third kappa shape index (κ3) is 3.62. The molecule has 1 aliphatic rings. The fourth-order valence-electron chi connectivity index (χ4n) is 2.86. The van der Waals surface area contributed by atoms with E-state index in [1.165, 1.54) is 30.6 Å². The van der Waals surface area contributed by atoms with E-state index in [4.69, 9.17) is 11.6 Å². The normalized spacial score (nSPS) is 20.5. The summed E-state index contributed by atoms with van der Waals surface area (Å²) in [6.45, 7) is 3.21. The SMILES string of the molecule is CNCc1ccc(Cl)cc1N(C)C1CCCN(C)C1. The molecule has 0 saturated carbocycles. The molecule has 4 heteroatoms. The van der Waals surface area contributed by atoms with E-state index < -0.39 is 0 Å². The Morgan fingerprint density at radius 3 is 2.95 bits per heavy atom. The molecular weight excluding hydrogens is 258 g/mol. The van der Waals surface area contributed by atoms with Crippen LogP contribution >= 0.6 is 11.6 Å². The number of benzene rings is 1. The number of likely N-dealkylation sites (tertiary alicyclic amines) is 1. The molecule has 0 aliphatic carbocycles. The molecule has 0 spiro atoms. The van der Waals surface area contributed by atoms with E-state index in [1.807, 2.05) is 13.1 Å². The zero-order chi connectivity index (χ0) is 13.8. The van der Waals surface area contributed by atoms with Crippen LogP contribution in [0.15, 0.2) is 18.2 Å². The van der Waals surface area contributed by atoms with E-state index in [1.54, 1.807) is 0 Å². The Morgan fingerprint density at radius 2 is 2.26 bits per heavy atom. The molecule has 19 heavy (non-hydrogen) atoms. The van der Waals surface area contributed by atoms with Crippen molar-refractivity contribution in [2.45, 2.75) is 25.4 Å². The number of piperidine rings is 1. The third-order valence-electron chi connectivity index (χ3n) is 3.94. The lowest BCUT2D eigenvalue weighted by molar-refractivity contribution is 0.248. The number of hydrogen-bond acceptors (Lipinski definition) is 3. The van der Waals surface area contributed by atoms with Gasteiger partial charge in [0.25, 0.3) is 0 Å². The van der Waals surface area contributed by atoms with Crippen LogP contribution in [0.2, 0.25) is 5.02 Å². The van der Waals surface area contributed by atoms with Crippen LogP contribution in [0, 0.1) is 0 Å². The fraction of sp³-hybridized carbons (Fsp3) is 0.600. The minimum Gasteiger partial charge on any atom is -0.370 e. The number of nitrogens with zero attached hydrogens (tertiary/aromatic N) is 2. The molecule has 1 aliphatic heterocycles. The van der Waals surface area contributed by atoms with E-state index >= 15 is 0 Å². The van der Waals surface area contributed by atoms with Crippen molar-refractivity contribution in [1.29, 1.82) is 0 Å². The van der Waals surface area contributed by atoms with E-state index in [0.717, 1.165) is 18.1 Å². The van der Waals surface area contributed by atoms with E-state index in [2.05, 4.69) is 41.3 Å². The van der Waals surface area contributed by atoms with Crippen molar-refractivity contribution in [2.75, 3.05) is 39.1 Å². The highest BCUT2D eigenvalue weighted by Crippen LogP contribution is 2.27. The van der Waals surface area contributed by atoms with Gasteiger partial charge in [0.2, 0.25) is 0 Å². The predicted octanol–water partition coefficient (Wildman–Crippen LogP) is 2.59. The summed E-state index contributed by atoms with van der Waals surface area (Å²) in [5.74, 6) is 0. The van der Waals surface area contributed by atoms with Gasteiger partial charge in [0.05, 0.1) is 0 Å². The Labute approximate surface area is 121 Å². The Kier molecular flexibility index (Phi) is 5.08. The van der Waals surface area contributed by atoms with Gasteiger partial charge in [-0.3, -0.25) is 0 Å². The molecule has 2 rings (SSSR count). The third-order valence-corrected chi connectivity index (χ3v) is 4.18. The monoisotopic (exact) mass is 281 g/mol.